The number of likely N-dealkylation sites (tertiary alicyclic amines) is 1. The Kier molecular flexibility index (Phi) is 5.30. The highest BCUT2D eigenvalue weighted by molar-refractivity contribution is 6.44. The normalized spacial score (nSPS) is 18.3. The maximum Gasteiger partial charge on any atom is 0.229 e. The van der Waals surface area contributed by atoms with Crippen molar-refractivity contribution in [2.24, 2.45) is 5.92 Å². The first-order valence-corrected chi connectivity index (χ1v) is 8.82. The van der Waals surface area contributed by atoms with E-state index in [0.29, 0.717) is 22.3 Å². The average molecular weight is 377 g/mol. The summed E-state index contributed by atoms with van der Waals surface area (Å²) in [7, 11) is 0. The van der Waals surface area contributed by atoms with Crippen LogP contribution in [-0.2, 0) is 9.59 Å². The molecule has 2 aromatic carbocycles. The Labute approximate surface area is 156 Å². The molecular weight excluding hydrogens is 359 g/mol. The first kappa shape index (κ1) is 17.8. The van der Waals surface area contributed by atoms with E-state index in [1.165, 1.54) is 0 Å². The topological polar surface area (TPSA) is 49.4 Å². The molecule has 2 atom stereocenters. The smallest absolute Gasteiger partial charge is 0.229 e. The number of carbonyl (C=O) groups is 2. The molecule has 0 aromatic heterocycles. The molecule has 2 amide bonds. The van der Waals surface area contributed by atoms with Gasteiger partial charge in [-0.2, -0.15) is 0 Å². The molecule has 1 aliphatic heterocycles. The van der Waals surface area contributed by atoms with Crippen LogP contribution in [0.4, 0.5) is 5.69 Å². The summed E-state index contributed by atoms with van der Waals surface area (Å²) >= 11 is 12.1. The summed E-state index contributed by atoms with van der Waals surface area (Å²) in [4.78, 5) is 26.7. The van der Waals surface area contributed by atoms with E-state index in [2.05, 4.69) is 5.32 Å². The summed E-state index contributed by atoms with van der Waals surface area (Å²) in [6.07, 6.45) is 0.196. The summed E-state index contributed by atoms with van der Waals surface area (Å²) in [6.45, 7) is 2.36. The van der Waals surface area contributed by atoms with Crippen LogP contribution in [0.3, 0.4) is 0 Å². The van der Waals surface area contributed by atoms with Crippen LogP contribution < -0.4 is 5.32 Å². The summed E-state index contributed by atoms with van der Waals surface area (Å²) in [5, 5.41) is 3.46. The molecule has 3 rings (SSSR count). The van der Waals surface area contributed by atoms with E-state index in [9.17, 15) is 9.59 Å². The molecule has 25 heavy (non-hydrogen) atoms. The van der Waals surface area contributed by atoms with E-state index in [4.69, 9.17) is 23.2 Å². The van der Waals surface area contributed by atoms with Gasteiger partial charge in [0.05, 0.1) is 27.7 Å². The van der Waals surface area contributed by atoms with Crippen molar-refractivity contribution in [2.75, 3.05) is 11.9 Å². The van der Waals surface area contributed by atoms with Crippen LogP contribution in [0.2, 0.25) is 10.0 Å². The predicted molar refractivity (Wildman–Crippen MR) is 99.8 cm³/mol. The van der Waals surface area contributed by atoms with Crippen LogP contribution in [0, 0.1) is 5.92 Å². The van der Waals surface area contributed by atoms with Gasteiger partial charge in [-0.05, 0) is 24.6 Å². The van der Waals surface area contributed by atoms with Crippen molar-refractivity contribution in [1.82, 2.24) is 4.90 Å². The van der Waals surface area contributed by atoms with Crippen LogP contribution in [0.1, 0.15) is 24.9 Å². The molecule has 2 aromatic rings. The van der Waals surface area contributed by atoms with Crippen molar-refractivity contribution in [1.29, 1.82) is 0 Å². The number of nitrogens with one attached hydrogen (secondary N) is 1. The fourth-order valence-electron chi connectivity index (χ4n) is 3.03. The minimum Gasteiger partial charge on any atom is -0.335 e. The van der Waals surface area contributed by atoms with Crippen molar-refractivity contribution in [3.05, 3.63) is 64.1 Å². The molecule has 1 fully saturated rings. The van der Waals surface area contributed by atoms with E-state index < -0.39 is 5.92 Å². The van der Waals surface area contributed by atoms with Crippen LogP contribution in [0.25, 0.3) is 0 Å². The van der Waals surface area contributed by atoms with Gasteiger partial charge in [0, 0.05) is 13.0 Å². The molecular formula is C19H18Cl2N2O2. The largest absolute Gasteiger partial charge is 0.335 e. The lowest BCUT2D eigenvalue weighted by Gasteiger charge is -2.25. The number of rotatable bonds is 4. The van der Waals surface area contributed by atoms with Gasteiger partial charge in [0.15, 0.2) is 0 Å². The van der Waals surface area contributed by atoms with E-state index in [1.807, 2.05) is 37.3 Å². The number of amides is 2. The van der Waals surface area contributed by atoms with Gasteiger partial charge in [-0.1, -0.05) is 59.6 Å². The summed E-state index contributed by atoms with van der Waals surface area (Å²) < 4.78 is 0. The van der Waals surface area contributed by atoms with Gasteiger partial charge in [0.1, 0.15) is 0 Å². The number of nitrogens with zero attached hydrogens (tertiary/aromatic N) is 1. The van der Waals surface area contributed by atoms with E-state index in [0.717, 1.165) is 5.56 Å². The highest BCUT2D eigenvalue weighted by Crippen LogP contribution is 2.32. The second-order valence-electron chi connectivity index (χ2n) is 6.12. The Bertz CT molecular complexity index is 795. The van der Waals surface area contributed by atoms with Gasteiger partial charge in [0.2, 0.25) is 11.8 Å². The molecule has 6 heteroatoms. The van der Waals surface area contributed by atoms with Crippen molar-refractivity contribution in [3.8, 4) is 0 Å². The number of hydrogen-bond acceptors (Lipinski definition) is 2. The van der Waals surface area contributed by atoms with Gasteiger partial charge >= 0.3 is 0 Å². The lowest BCUT2D eigenvalue weighted by molar-refractivity contribution is -0.129. The SMILES string of the molecule is C[C@H](c1ccccc1)N1C[C@@H](C(=O)Nc2cccc(Cl)c2Cl)CC1=O. The molecule has 1 heterocycles. The molecule has 0 spiro atoms. The van der Waals surface area contributed by atoms with Gasteiger partial charge in [-0.15, -0.1) is 0 Å². The molecule has 130 valence electrons. The lowest BCUT2D eigenvalue weighted by atomic mass is 10.1. The fraction of sp³-hybridized carbons (Fsp3) is 0.263. The van der Waals surface area contributed by atoms with Crippen molar-refractivity contribution in [2.45, 2.75) is 19.4 Å². The quantitative estimate of drug-likeness (QED) is 0.851. The van der Waals surface area contributed by atoms with E-state index in [-0.39, 0.29) is 24.3 Å². The zero-order valence-corrected chi connectivity index (χ0v) is 15.2. The Hall–Kier alpha value is -2.04. The highest BCUT2D eigenvalue weighted by atomic mass is 35.5. The van der Waals surface area contributed by atoms with Crippen LogP contribution >= 0.6 is 23.2 Å². The summed E-state index contributed by atoms with van der Waals surface area (Å²) in [6, 6.07) is 14.8. The lowest BCUT2D eigenvalue weighted by Crippen LogP contribution is -2.30. The van der Waals surface area contributed by atoms with Gasteiger partial charge in [-0.25, -0.2) is 0 Å². The number of hydrogen-bond donors (Lipinski definition) is 1. The first-order chi connectivity index (χ1) is 12.0. The molecule has 0 aliphatic carbocycles. The van der Waals surface area contributed by atoms with Crippen LogP contribution in [0.15, 0.2) is 48.5 Å². The Morgan fingerprint density at radius 2 is 1.88 bits per heavy atom. The van der Waals surface area contributed by atoms with Gasteiger partial charge in [0.25, 0.3) is 0 Å². The summed E-state index contributed by atoms with van der Waals surface area (Å²) in [5.41, 5.74) is 1.51. The molecule has 0 unspecified atom stereocenters. The third kappa shape index (κ3) is 3.80. The molecule has 0 radical (unpaired) electrons. The second kappa shape index (κ2) is 7.46. The Morgan fingerprint density at radius 3 is 2.60 bits per heavy atom. The molecule has 0 saturated carbocycles. The molecule has 1 saturated heterocycles. The van der Waals surface area contributed by atoms with Gasteiger partial charge in [-0.3, -0.25) is 9.59 Å². The number of halogens is 2. The molecule has 1 aliphatic rings. The average Bonchev–Trinajstić information content (AvgIpc) is 3.01. The molecule has 0 bridgehead atoms. The maximum atomic E-state index is 12.5. The highest BCUT2D eigenvalue weighted by Gasteiger charge is 2.37. The Balaban J connectivity index is 1.69. The minimum absolute atomic E-state index is 0.0197. The number of benzene rings is 2. The fourth-order valence-corrected chi connectivity index (χ4v) is 3.38. The van der Waals surface area contributed by atoms with Crippen molar-refractivity contribution in [3.63, 3.8) is 0 Å². The zero-order chi connectivity index (χ0) is 18.0. The monoisotopic (exact) mass is 376 g/mol. The van der Waals surface area contributed by atoms with Crippen molar-refractivity contribution >= 4 is 40.7 Å². The van der Waals surface area contributed by atoms with E-state index in [1.54, 1.807) is 23.1 Å². The number of carbonyl (C=O) groups excluding carboxylic acids is 2. The second-order valence-corrected chi connectivity index (χ2v) is 6.91. The van der Waals surface area contributed by atoms with Gasteiger partial charge < -0.3 is 10.2 Å². The molecule has 1 N–H and O–H groups in total. The first-order valence-electron chi connectivity index (χ1n) is 8.06. The van der Waals surface area contributed by atoms with Crippen molar-refractivity contribution < 1.29 is 9.59 Å². The van der Waals surface area contributed by atoms with E-state index >= 15 is 0 Å². The zero-order valence-electron chi connectivity index (χ0n) is 13.7. The third-order valence-corrected chi connectivity index (χ3v) is 5.31. The maximum absolute atomic E-state index is 12.5. The Morgan fingerprint density at radius 1 is 1.16 bits per heavy atom. The molecule has 4 nitrogen and oxygen atoms in total. The third-order valence-electron chi connectivity index (χ3n) is 4.49. The summed E-state index contributed by atoms with van der Waals surface area (Å²) in [5.74, 6) is -0.650. The predicted octanol–water partition coefficient (Wildman–Crippen LogP) is 4.54. The number of anilines is 1. The van der Waals surface area contributed by atoms with Crippen LogP contribution in [0.5, 0.6) is 0 Å². The minimum atomic E-state index is -0.409. The van der Waals surface area contributed by atoms with Crippen LogP contribution in [-0.4, -0.2) is 23.3 Å². The standard InChI is InChI=1S/C19H18Cl2N2O2/c1-12(13-6-3-2-4-7-13)23-11-14(10-17(23)24)19(25)22-16-9-5-8-15(20)18(16)21/h2-9,12,14H,10-11H2,1H3,(H,22,25)/t12-,14+/m1/s1.